The molecule has 1 heterocycles. The molecule has 3 aromatic carbocycles. The van der Waals surface area contributed by atoms with Crippen molar-refractivity contribution in [3.05, 3.63) is 101 Å². The zero-order chi connectivity index (χ0) is 21.6. The minimum atomic E-state index is -0.126. The summed E-state index contributed by atoms with van der Waals surface area (Å²) < 4.78 is 5.15. The first-order valence-electron chi connectivity index (χ1n) is 10.1. The smallest absolute Gasteiger partial charge is 0.251 e. The number of thioether (sulfide) groups is 1. The molecule has 0 spiro atoms. The van der Waals surface area contributed by atoms with Gasteiger partial charge in [0.2, 0.25) is 5.91 Å². The quantitative estimate of drug-likeness (QED) is 0.601. The first kappa shape index (κ1) is 21.0. The molecule has 1 atom stereocenters. The summed E-state index contributed by atoms with van der Waals surface area (Å²) in [6.07, 6.45) is 0. The van der Waals surface area contributed by atoms with Gasteiger partial charge in [0.25, 0.3) is 5.91 Å². The van der Waals surface area contributed by atoms with Gasteiger partial charge in [0.05, 0.1) is 12.9 Å². The van der Waals surface area contributed by atoms with E-state index in [-0.39, 0.29) is 17.2 Å². The number of amides is 2. The highest BCUT2D eigenvalue weighted by atomic mass is 32.2. The predicted octanol–water partition coefficient (Wildman–Crippen LogP) is 4.40. The Hall–Kier alpha value is -3.25. The number of carbonyl (C=O) groups is 2. The fraction of sp³-hybridized carbons (Fsp3) is 0.200. The van der Waals surface area contributed by atoms with Gasteiger partial charge in [0.15, 0.2) is 0 Å². The van der Waals surface area contributed by atoms with E-state index < -0.39 is 0 Å². The number of benzene rings is 3. The minimum absolute atomic E-state index is 0.0379. The van der Waals surface area contributed by atoms with E-state index in [1.54, 1.807) is 18.9 Å². The van der Waals surface area contributed by atoms with Crippen molar-refractivity contribution in [2.45, 2.75) is 18.5 Å². The van der Waals surface area contributed by atoms with Crippen LogP contribution in [0.4, 0.5) is 0 Å². The molecule has 0 saturated carbocycles. The highest BCUT2D eigenvalue weighted by molar-refractivity contribution is 8.00. The van der Waals surface area contributed by atoms with E-state index >= 15 is 0 Å². The molecule has 6 heteroatoms. The molecule has 0 bridgehead atoms. The normalized spacial score (nSPS) is 15.7. The van der Waals surface area contributed by atoms with E-state index in [9.17, 15) is 9.59 Å². The second-order valence-electron chi connectivity index (χ2n) is 7.32. The largest absolute Gasteiger partial charge is 0.497 e. The van der Waals surface area contributed by atoms with Crippen LogP contribution >= 0.6 is 11.8 Å². The lowest BCUT2D eigenvalue weighted by Gasteiger charge is -2.24. The summed E-state index contributed by atoms with van der Waals surface area (Å²) in [6, 6.07) is 25.1. The summed E-state index contributed by atoms with van der Waals surface area (Å²) in [6.45, 7) is 1.03. The molecule has 1 aliphatic heterocycles. The van der Waals surface area contributed by atoms with Gasteiger partial charge < -0.3 is 15.0 Å². The molecule has 4 rings (SSSR count). The summed E-state index contributed by atoms with van der Waals surface area (Å²) in [5, 5.41) is 2.90. The Morgan fingerprint density at radius 1 is 1.00 bits per heavy atom. The van der Waals surface area contributed by atoms with Crippen molar-refractivity contribution < 1.29 is 14.3 Å². The van der Waals surface area contributed by atoms with Crippen LogP contribution in [0.5, 0.6) is 5.75 Å². The third kappa shape index (κ3) is 5.09. The van der Waals surface area contributed by atoms with Crippen molar-refractivity contribution in [1.82, 2.24) is 10.2 Å². The Bertz CT molecular complexity index is 1040. The third-order valence-electron chi connectivity index (χ3n) is 5.23. The fourth-order valence-corrected chi connectivity index (χ4v) is 4.70. The zero-order valence-corrected chi connectivity index (χ0v) is 18.1. The molecule has 158 valence electrons. The molecular formula is C25H24N2O3S. The molecule has 1 N–H and O–H groups in total. The molecule has 31 heavy (non-hydrogen) atoms. The number of nitrogens with zero attached hydrogens (tertiary/aromatic N) is 1. The van der Waals surface area contributed by atoms with Crippen LogP contribution in [0, 0.1) is 0 Å². The van der Waals surface area contributed by atoms with Crippen LogP contribution in [0.15, 0.2) is 78.9 Å². The Morgan fingerprint density at radius 2 is 1.71 bits per heavy atom. The number of hydrogen-bond acceptors (Lipinski definition) is 4. The van der Waals surface area contributed by atoms with E-state index in [2.05, 4.69) is 5.32 Å². The van der Waals surface area contributed by atoms with Crippen molar-refractivity contribution >= 4 is 23.6 Å². The van der Waals surface area contributed by atoms with Gasteiger partial charge in [-0.3, -0.25) is 9.59 Å². The topological polar surface area (TPSA) is 58.6 Å². The van der Waals surface area contributed by atoms with Crippen LogP contribution in [-0.2, 0) is 17.9 Å². The molecule has 0 aromatic heterocycles. The number of ether oxygens (including phenoxy) is 1. The number of methoxy groups -OCH3 is 1. The van der Waals surface area contributed by atoms with Crippen molar-refractivity contribution in [3.8, 4) is 5.75 Å². The van der Waals surface area contributed by atoms with Crippen LogP contribution in [-0.4, -0.2) is 29.6 Å². The lowest BCUT2D eigenvalue weighted by atomic mass is 10.1. The first-order valence-corrected chi connectivity index (χ1v) is 11.1. The Balaban J connectivity index is 1.39. The van der Waals surface area contributed by atoms with Crippen LogP contribution in [0.3, 0.4) is 0 Å². The second-order valence-corrected chi connectivity index (χ2v) is 8.39. The van der Waals surface area contributed by atoms with Crippen LogP contribution in [0.1, 0.15) is 32.4 Å². The van der Waals surface area contributed by atoms with Gasteiger partial charge in [-0.1, -0.05) is 54.6 Å². The van der Waals surface area contributed by atoms with Gasteiger partial charge in [0.1, 0.15) is 11.1 Å². The number of carbonyl (C=O) groups excluding carboxylic acids is 2. The molecule has 5 nitrogen and oxygen atoms in total. The monoisotopic (exact) mass is 432 g/mol. The SMILES string of the molecule is COc1ccc(CNC(=O)c2ccc([C@@H]3SCC(=O)N3Cc3ccccc3)cc2)cc1. The summed E-state index contributed by atoms with van der Waals surface area (Å²) in [5.41, 5.74) is 3.74. The minimum Gasteiger partial charge on any atom is -0.497 e. The van der Waals surface area contributed by atoms with Crippen LogP contribution < -0.4 is 10.1 Å². The Labute approximate surface area is 186 Å². The fourth-order valence-electron chi connectivity index (χ4n) is 3.51. The Kier molecular flexibility index (Phi) is 6.57. The van der Waals surface area contributed by atoms with Crippen LogP contribution in [0.25, 0.3) is 0 Å². The predicted molar refractivity (Wildman–Crippen MR) is 123 cm³/mol. The van der Waals surface area contributed by atoms with Crippen LogP contribution in [0.2, 0.25) is 0 Å². The Morgan fingerprint density at radius 3 is 2.39 bits per heavy atom. The van der Waals surface area contributed by atoms with Gasteiger partial charge in [-0.2, -0.15) is 0 Å². The van der Waals surface area contributed by atoms with Gasteiger partial charge in [-0.25, -0.2) is 0 Å². The first-order chi connectivity index (χ1) is 15.1. The van der Waals surface area contributed by atoms with Crippen molar-refractivity contribution in [1.29, 1.82) is 0 Å². The maximum absolute atomic E-state index is 12.5. The summed E-state index contributed by atoms with van der Waals surface area (Å²) >= 11 is 1.62. The molecular weight excluding hydrogens is 408 g/mol. The molecule has 0 aliphatic carbocycles. The maximum Gasteiger partial charge on any atom is 0.251 e. The highest BCUT2D eigenvalue weighted by Crippen LogP contribution is 2.39. The number of hydrogen-bond donors (Lipinski definition) is 1. The van der Waals surface area contributed by atoms with E-state index in [1.165, 1.54) is 0 Å². The molecule has 1 fully saturated rings. The van der Waals surface area contributed by atoms with Crippen molar-refractivity contribution in [2.24, 2.45) is 0 Å². The molecule has 1 aliphatic rings. The lowest BCUT2D eigenvalue weighted by Crippen LogP contribution is -2.27. The highest BCUT2D eigenvalue weighted by Gasteiger charge is 2.32. The van der Waals surface area contributed by atoms with Gasteiger partial charge >= 0.3 is 0 Å². The number of nitrogens with one attached hydrogen (secondary N) is 1. The molecule has 2 amide bonds. The maximum atomic E-state index is 12.5. The standard InChI is InChI=1S/C25H24N2O3S/c1-30-22-13-7-18(8-14-22)15-26-24(29)20-9-11-21(12-10-20)25-27(23(28)17-31-25)16-19-5-3-2-4-6-19/h2-14,25H,15-17H2,1H3,(H,26,29)/t25-/m0/s1. The van der Waals surface area contributed by atoms with E-state index in [1.807, 2.05) is 83.8 Å². The zero-order valence-electron chi connectivity index (χ0n) is 17.3. The van der Waals surface area contributed by atoms with Gasteiger partial charge in [0, 0.05) is 18.7 Å². The summed E-state index contributed by atoms with van der Waals surface area (Å²) in [7, 11) is 1.63. The number of rotatable bonds is 7. The summed E-state index contributed by atoms with van der Waals surface area (Å²) in [5.74, 6) is 1.27. The van der Waals surface area contributed by atoms with Crippen molar-refractivity contribution in [3.63, 3.8) is 0 Å². The molecule has 0 radical (unpaired) electrons. The molecule has 3 aromatic rings. The van der Waals surface area contributed by atoms with E-state index in [4.69, 9.17) is 4.74 Å². The summed E-state index contributed by atoms with van der Waals surface area (Å²) in [4.78, 5) is 26.9. The lowest BCUT2D eigenvalue weighted by molar-refractivity contribution is -0.128. The van der Waals surface area contributed by atoms with E-state index in [0.29, 0.717) is 24.4 Å². The van der Waals surface area contributed by atoms with E-state index in [0.717, 1.165) is 22.4 Å². The third-order valence-corrected chi connectivity index (χ3v) is 6.49. The average molecular weight is 433 g/mol. The molecule has 1 saturated heterocycles. The van der Waals surface area contributed by atoms with Crippen molar-refractivity contribution in [2.75, 3.05) is 12.9 Å². The average Bonchev–Trinajstić information content (AvgIpc) is 3.18. The second kappa shape index (κ2) is 9.71. The molecule has 0 unspecified atom stereocenters. The van der Waals surface area contributed by atoms with Gasteiger partial charge in [-0.05, 0) is 41.0 Å². The van der Waals surface area contributed by atoms with Gasteiger partial charge in [-0.15, -0.1) is 11.8 Å².